The lowest BCUT2D eigenvalue weighted by molar-refractivity contribution is -0.0680. The van der Waals surface area contributed by atoms with Gasteiger partial charge in [0.15, 0.2) is 0 Å². The predicted molar refractivity (Wildman–Crippen MR) is 78.0 cm³/mol. The molecule has 1 spiro atoms. The molecule has 0 aromatic rings. The van der Waals surface area contributed by atoms with Crippen molar-refractivity contribution in [2.24, 2.45) is 5.73 Å². The van der Waals surface area contributed by atoms with E-state index in [-0.39, 0.29) is 5.60 Å². The quantitative estimate of drug-likeness (QED) is 0.852. The standard InChI is InChI=1S/C15H27NOS/c16-12-15(8-4-10-18-15)11-13-5-9-14(17-13)6-2-1-3-7-14/h13H,1-12,16H2. The van der Waals surface area contributed by atoms with Crippen LogP contribution in [0.2, 0.25) is 0 Å². The van der Waals surface area contributed by atoms with Gasteiger partial charge in [0.2, 0.25) is 0 Å². The van der Waals surface area contributed by atoms with Crippen LogP contribution in [-0.2, 0) is 4.74 Å². The van der Waals surface area contributed by atoms with E-state index in [9.17, 15) is 0 Å². The summed E-state index contributed by atoms with van der Waals surface area (Å²) in [5, 5.41) is 0. The van der Waals surface area contributed by atoms with Crippen LogP contribution in [0.3, 0.4) is 0 Å². The Kier molecular flexibility index (Phi) is 3.93. The smallest absolute Gasteiger partial charge is 0.0687 e. The van der Waals surface area contributed by atoms with Crippen LogP contribution >= 0.6 is 11.8 Å². The second kappa shape index (κ2) is 5.34. The largest absolute Gasteiger partial charge is 0.372 e. The maximum Gasteiger partial charge on any atom is 0.0687 e. The highest BCUT2D eigenvalue weighted by molar-refractivity contribution is 8.00. The van der Waals surface area contributed by atoms with Crippen LogP contribution in [0.25, 0.3) is 0 Å². The molecule has 3 aliphatic rings. The van der Waals surface area contributed by atoms with Gasteiger partial charge in [-0.15, -0.1) is 0 Å². The van der Waals surface area contributed by atoms with Gasteiger partial charge in [-0.3, -0.25) is 0 Å². The lowest BCUT2D eigenvalue weighted by Crippen LogP contribution is -2.37. The van der Waals surface area contributed by atoms with Crippen LogP contribution in [0.15, 0.2) is 0 Å². The van der Waals surface area contributed by atoms with E-state index in [4.69, 9.17) is 10.5 Å². The fourth-order valence-corrected chi connectivity index (χ4v) is 5.61. The number of ether oxygens (including phenoxy) is 1. The third-order valence-corrected chi connectivity index (χ3v) is 6.90. The molecule has 3 rings (SSSR count). The summed E-state index contributed by atoms with van der Waals surface area (Å²) in [7, 11) is 0. The number of hydrogen-bond donors (Lipinski definition) is 1. The van der Waals surface area contributed by atoms with E-state index in [1.165, 1.54) is 70.0 Å². The summed E-state index contributed by atoms with van der Waals surface area (Å²) in [6.45, 7) is 0.838. The summed E-state index contributed by atoms with van der Waals surface area (Å²) in [5.74, 6) is 1.30. The molecule has 3 heteroatoms. The molecule has 0 aromatic carbocycles. The Labute approximate surface area is 115 Å². The van der Waals surface area contributed by atoms with Gasteiger partial charge in [-0.05, 0) is 50.7 Å². The van der Waals surface area contributed by atoms with Crippen molar-refractivity contribution in [3.8, 4) is 0 Å². The number of thioether (sulfide) groups is 1. The summed E-state index contributed by atoms with van der Waals surface area (Å²) < 4.78 is 6.86. The van der Waals surface area contributed by atoms with Gasteiger partial charge in [0.25, 0.3) is 0 Å². The molecule has 3 fully saturated rings. The maximum absolute atomic E-state index is 6.51. The molecule has 1 saturated carbocycles. The second-order valence-corrected chi connectivity index (χ2v) is 8.13. The van der Waals surface area contributed by atoms with Crippen LogP contribution in [0, 0.1) is 0 Å². The molecule has 2 atom stereocenters. The molecular formula is C15H27NOS. The first-order valence-electron chi connectivity index (χ1n) is 7.78. The van der Waals surface area contributed by atoms with Crippen molar-refractivity contribution in [2.45, 2.75) is 80.7 Å². The molecule has 2 heterocycles. The molecule has 2 nitrogen and oxygen atoms in total. The number of rotatable bonds is 3. The summed E-state index contributed by atoms with van der Waals surface area (Å²) >= 11 is 2.11. The normalized spacial score (nSPS) is 39.5. The van der Waals surface area contributed by atoms with Gasteiger partial charge >= 0.3 is 0 Å². The van der Waals surface area contributed by atoms with E-state index in [1.54, 1.807) is 0 Å². The average Bonchev–Trinajstić information content (AvgIpc) is 3.00. The van der Waals surface area contributed by atoms with Crippen molar-refractivity contribution in [1.29, 1.82) is 0 Å². The van der Waals surface area contributed by atoms with Crippen LogP contribution in [0.4, 0.5) is 0 Å². The van der Waals surface area contributed by atoms with E-state index in [1.807, 2.05) is 0 Å². The zero-order valence-corrected chi connectivity index (χ0v) is 12.3. The second-order valence-electron chi connectivity index (χ2n) is 6.57. The zero-order valence-electron chi connectivity index (χ0n) is 11.5. The van der Waals surface area contributed by atoms with Crippen molar-refractivity contribution < 1.29 is 4.74 Å². The van der Waals surface area contributed by atoms with Gasteiger partial charge < -0.3 is 10.5 Å². The first-order chi connectivity index (χ1) is 8.76. The Balaban J connectivity index is 1.58. The maximum atomic E-state index is 6.51. The highest BCUT2D eigenvalue weighted by atomic mass is 32.2. The molecule has 0 amide bonds. The van der Waals surface area contributed by atoms with Crippen molar-refractivity contribution >= 4 is 11.8 Å². The fraction of sp³-hybridized carbons (Fsp3) is 1.00. The number of hydrogen-bond acceptors (Lipinski definition) is 3. The zero-order chi connectivity index (χ0) is 12.5. The van der Waals surface area contributed by atoms with Gasteiger partial charge in [-0.25, -0.2) is 0 Å². The monoisotopic (exact) mass is 269 g/mol. The van der Waals surface area contributed by atoms with Gasteiger partial charge in [0, 0.05) is 11.3 Å². The molecule has 18 heavy (non-hydrogen) atoms. The summed E-state index contributed by atoms with van der Waals surface area (Å²) in [6, 6.07) is 0. The minimum Gasteiger partial charge on any atom is -0.372 e. The molecule has 2 N–H and O–H groups in total. The minimum absolute atomic E-state index is 0.280. The Morgan fingerprint density at radius 2 is 1.89 bits per heavy atom. The minimum atomic E-state index is 0.280. The Morgan fingerprint density at radius 1 is 1.06 bits per heavy atom. The highest BCUT2D eigenvalue weighted by Gasteiger charge is 2.44. The molecular weight excluding hydrogens is 242 g/mol. The lowest BCUT2D eigenvalue weighted by atomic mass is 9.83. The Hall–Kier alpha value is 0.270. The van der Waals surface area contributed by atoms with Crippen LogP contribution in [0.5, 0.6) is 0 Å². The van der Waals surface area contributed by atoms with Gasteiger partial charge in [-0.1, -0.05) is 19.3 Å². The van der Waals surface area contributed by atoms with Crippen molar-refractivity contribution in [1.82, 2.24) is 0 Å². The topological polar surface area (TPSA) is 35.2 Å². The van der Waals surface area contributed by atoms with Gasteiger partial charge in [0.1, 0.15) is 0 Å². The highest BCUT2D eigenvalue weighted by Crippen LogP contribution is 2.47. The fourth-order valence-electron chi connectivity index (χ4n) is 4.18. The SMILES string of the molecule is NCC1(CC2CCC3(CCCCC3)O2)CCCS1. The van der Waals surface area contributed by atoms with Crippen molar-refractivity contribution in [3.05, 3.63) is 0 Å². The van der Waals surface area contributed by atoms with Crippen LogP contribution in [0.1, 0.15) is 64.2 Å². The molecule has 0 bridgehead atoms. The van der Waals surface area contributed by atoms with Crippen molar-refractivity contribution in [3.63, 3.8) is 0 Å². The third kappa shape index (κ3) is 2.59. The van der Waals surface area contributed by atoms with Gasteiger partial charge in [0.05, 0.1) is 11.7 Å². The molecule has 0 aromatic heterocycles. The van der Waals surface area contributed by atoms with Crippen LogP contribution < -0.4 is 5.73 Å². The average molecular weight is 269 g/mol. The summed E-state index contributed by atoms with van der Waals surface area (Å²) in [5.41, 5.74) is 6.32. The predicted octanol–water partition coefficient (Wildman–Crippen LogP) is 3.48. The molecule has 0 radical (unpaired) electrons. The van der Waals surface area contributed by atoms with E-state index in [2.05, 4.69) is 11.8 Å². The third-order valence-electron chi connectivity index (χ3n) is 5.26. The Morgan fingerprint density at radius 3 is 2.56 bits per heavy atom. The van der Waals surface area contributed by atoms with Gasteiger partial charge in [-0.2, -0.15) is 11.8 Å². The molecule has 104 valence electrons. The van der Waals surface area contributed by atoms with E-state index >= 15 is 0 Å². The van der Waals surface area contributed by atoms with E-state index < -0.39 is 0 Å². The Bertz CT molecular complexity index is 282. The molecule has 2 unspecified atom stereocenters. The molecule has 1 aliphatic carbocycles. The lowest BCUT2D eigenvalue weighted by Gasteiger charge is -2.35. The first-order valence-corrected chi connectivity index (χ1v) is 8.76. The summed E-state index contributed by atoms with van der Waals surface area (Å²) in [4.78, 5) is 0. The summed E-state index contributed by atoms with van der Waals surface area (Å²) in [6.07, 6.45) is 13.7. The molecule has 2 saturated heterocycles. The number of nitrogens with two attached hydrogens (primary N) is 1. The van der Waals surface area contributed by atoms with E-state index in [0.29, 0.717) is 10.9 Å². The first kappa shape index (κ1) is 13.3. The van der Waals surface area contributed by atoms with Crippen LogP contribution in [-0.4, -0.2) is 28.7 Å². The van der Waals surface area contributed by atoms with E-state index in [0.717, 1.165) is 6.54 Å². The van der Waals surface area contributed by atoms with Crippen molar-refractivity contribution in [2.75, 3.05) is 12.3 Å². The molecule has 2 aliphatic heterocycles.